The number of anilines is 1. The summed E-state index contributed by atoms with van der Waals surface area (Å²) < 4.78 is 25.7. The molecule has 0 bridgehead atoms. The molecule has 0 aromatic carbocycles. The van der Waals surface area contributed by atoms with Crippen LogP contribution in [-0.4, -0.2) is 47.5 Å². The lowest BCUT2D eigenvalue weighted by Gasteiger charge is -2.20. The molecule has 3 N–H and O–H groups in total. The fourth-order valence-corrected chi connectivity index (χ4v) is 2.77. The summed E-state index contributed by atoms with van der Waals surface area (Å²) in [5, 5.41) is 8.93. The number of sulfonamides is 1. The molecule has 0 atom stereocenters. The normalized spacial score (nSPS) is 11.9. The highest BCUT2D eigenvalue weighted by Gasteiger charge is 2.24. The smallest absolute Gasteiger partial charge is 0.246 e. The minimum atomic E-state index is -3.66. The van der Waals surface area contributed by atoms with Crippen LogP contribution < -0.4 is 5.73 Å². The molecule has 1 aromatic rings. The van der Waals surface area contributed by atoms with Crippen LogP contribution in [0, 0.1) is 0 Å². The number of hydrogen-bond donors (Lipinski definition) is 2. The lowest BCUT2D eigenvalue weighted by atomic mass is 10.3. The van der Waals surface area contributed by atoms with Crippen LogP contribution in [-0.2, 0) is 10.0 Å². The van der Waals surface area contributed by atoms with Crippen molar-refractivity contribution in [1.29, 1.82) is 0 Å². The number of aliphatic hydroxyl groups is 1. The number of rotatable bonds is 7. The van der Waals surface area contributed by atoms with E-state index in [0.717, 1.165) is 12.8 Å². The van der Waals surface area contributed by atoms with E-state index in [1.54, 1.807) is 0 Å². The van der Waals surface area contributed by atoms with Gasteiger partial charge in [0.25, 0.3) is 0 Å². The summed E-state index contributed by atoms with van der Waals surface area (Å²) in [7, 11) is -3.66. The second-order valence-electron chi connectivity index (χ2n) is 3.76. The molecule has 0 spiro atoms. The van der Waals surface area contributed by atoms with Crippen molar-refractivity contribution < 1.29 is 13.5 Å². The van der Waals surface area contributed by atoms with E-state index in [1.165, 1.54) is 16.7 Å². The molecule has 0 aliphatic rings. The molecule has 1 heterocycles. The van der Waals surface area contributed by atoms with E-state index in [-0.39, 0.29) is 24.0 Å². The quantitative estimate of drug-likeness (QED) is 0.715. The number of hydrogen-bond acceptors (Lipinski definition) is 6. The van der Waals surface area contributed by atoms with Gasteiger partial charge in [-0.1, -0.05) is 13.3 Å². The average Bonchev–Trinajstić information content (AvgIpc) is 2.35. The van der Waals surface area contributed by atoms with Crippen LogP contribution in [0.3, 0.4) is 0 Å². The first-order chi connectivity index (χ1) is 8.52. The number of nitrogens with two attached hydrogens (primary N) is 1. The van der Waals surface area contributed by atoms with Crippen LogP contribution in [0.4, 0.5) is 5.95 Å². The Labute approximate surface area is 107 Å². The molecule has 8 heteroatoms. The molecule has 1 aromatic heterocycles. The van der Waals surface area contributed by atoms with Crippen molar-refractivity contribution in [3.05, 3.63) is 12.4 Å². The van der Waals surface area contributed by atoms with Crippen LogP contribution in [0.1, 0.15) is 19.8 Å². The van der Waals surface area contributed by atoms with Gasteiger partial charge in [-0.05, 0) is 6.42 Å². The van der Waals surface area contributed by atoms with Gasteiger partial charge in [-0.2, -0.15) is 4.31 Å². The second kappa shape index (κ2) is 6.62. The van der Waals surface area contributed by atoms with E-state index < -0.39 is 10.0 Å². The van der Waals surface area contributed by atoms with Crippen LogP contribution in [0.2, 0.25) is 0 Å². The summed E-state index contributed by atoms with van der Waals surface area (Å²) >= 11 is 0. The maximum absolute atomic E-state index is 12.2. The van der Waals surface area contributed by atoms with E-state index in [0.29, 0.717) is 6.54 Å². The first-order valence-corrected chi connectivity index (χ1v) is 7.15. The highest BCUT2D eigenvalue weighted by molar-refractivity contribution is 7.89. The highest BCUT2D eigenvalue weighted by Crippen LogP contribution is 2.14. The molecule has 0 amide bonds. The Kier molecular flexibility index (Phi) is 5.45. The number of nitrogens with zero attached hydrogens (tertiary/aromatic N) is 3. The summed E-state index contributed by atoms with van der Waals surface area (Å²) in [6.45, 7) is 2.17. The third-order valence-electron chi connectivity index (χ3n) is 2.40. The Morgan fingerprint density at radius 3 is 2.44 bits per heavy atom. The van der Waals surface area contributed by atoms with Gasteiger partial charge < -0.3 is 10.8 Å². The third kappa shape index (κ3) is 3.62. The summed E-state index contributed by atoms with van der Waals surface area (Å²) in [5.41, 5.74) is 5.31. The zero-order valence-corrected chi connectivity index (χ0v) is 11.1. The summed E-state index contributed by atoms with van der Waals surface area (Å²) in [6, 6.07) is 0. The lowest BCUT2D eigenvalue weighted by molar-refractivity contribution is 0.252. The molecule has 1 rings (SSSR count). The Hall–Kier alpha value is -1.25. The van der Waals surface area contributed by atoms with Gasteiger partial charge in [0.05, 0.1) is 19.0 Å². The SMILES string of the molecule is CCCCN(CCO)S(=O)(=O)c1cnc(N)nc1. The van der Waals surface area contributed by atoms with Gasteiger partial charge in [0.2, 0.25) is 16.0 Å². The number of aromatic nitrogens is 2. The van der Waals surface area contributed by atoms with Crippen molar-refractivity contribution in [2.24, 2.45) is 0 Å². The summed E-state index contributed by atoms with van der Waals surface area (Å²) in [5.74, 6) is 0.0243. The molecule has 102 valence electrons. The molecule has 0 aliphatic heterocycles. The monoisotopic (exact) mass is 274 g/mol. The van der Waals surface area contributed by atoms with E-state index in [4.69, 9.17) is 10.8 Å². The van der Waals surface area contributed by atoms with Crippen molar-refractivity contribution in [3.8, 4) is 0 Å². The largest absolute Gasteiger partial charge is 0.395 e. The standard InChI is InChI=1S/C10H18N4O3S/c1-2-3-4-14(5-6-15)18(16,17)9-7-12-10(11)13-8-9/h7-8,15H,2-6H2,1H3,(H2,11,12,13). The number of aliphatic hydroxyl groups excluding tert-OH is 1. The third-order valence-corrected chi connectivity index (χ3v) is 4.25. The minimum Gasteiger partial charge on any atom is -0.395 e. The number of unbranched alkanes of at least 4 members (excludes halogenated alkanes) is 1. The van der Waals surface area contributed by atoms with Gasteiger partial charge in [-0.25, -0.2) is 18.4 Å². The van der Waals surface area contributed by atoms with Crippen LogP contribution in [0.5, 0.6) is 0 Å². The molecule has 18 heavy (non-hydrogen) atoms. The average molecular weight is 274 g/mol. The van der Waals surface area contributed by atoms with Crippen molar-refractivity contribution >= 4 is 16.0 Å². The van der Waals surface area contributed by atoms with Gasteiger partial charge in [0.1, 0.15) is 4.90 Å². The lowest BCUT2D eigenvalue weighted by Crippen LogP contribution is -2.34. The fraction of sp³-hybridized carbons (Fsp3) is 0.600. The molecular weight excluding hydrogens is 256 g/mol. The zero-order valence-electron chi connectivity index (χ0n) is 10.3. The van der Waals surface area contributed by atoms with E-state index in [9.17, 15) is 8.42 Å². The molecule has 0 radical (unpaired) electrons. The Balaban J connectivity index is 2.96. The first-order valence-electron chi connectivity index (χ1n) is 5.71. The number of nitrogen functional groups attached to an aromatic ring is 1. The molecule has 0 unspecified atom stereocenters. The molecule has 0 saturated carbocycles. The molecule has 0 aliphatic carbocycles. The fourth-order valence-electron chi connectivity index (χ4n) is 1.41. The highest BCUT2D eigenvalue weighted by atomic mass is 32.2. The second-order valence-corrected chi connectivity index (χ2v) is 5.70. The van der Waals surface area contributed by atoms with Crippen molar-refractivity contribution in [2.45, 2.75) is 24.7 Å². The van der Waals surface area contributed by atoms with Crippen molar-refractivity contribution in [1.82, 2.24) is 14.3 Å². The Bertz CT molecular complexity index is 461. The van der Waals surface area contributed by atoms with Crippen LogP contribution in [0.25, 0.3) is 0 Å². The van der Waals surface area contributed by atoms with Gasteiger partial charge in [-0.3, -0.25) is 0 Å². The molecular formula is C10H18N4O3S. The maximum atomic E-state index is 12.2. The Morgan fingerprint density at radius 2 is 1.94 bits per heavy atom. The van der Waals surface area contributed by atoms with E-state index in [2.05, 4.69) is 9.97 Å². The topological polar surface area (TPSA) is 109 Å². The first kappa shape index (κ1) is 14.8. The predicted octanol–water partition coefficient (Wildman–Crippen LogP) is -0.158. The van der Waals surface area contributed by atoms with Gasteiger partial charge in [0.15, 0.2) is 0 Å². The van der Waals surface area contributed by atoms with Crippen LogP contribution >= 0.6 is 0 Å². The molecule has 0 fully saturated rings. The summed E-state index contributed by atoms with van der Waals surface area (Å²) in [6.07, 6.45) is 3.95. The maximum Gasteiger partial charge on any atom is 0.246 e. The van der Waals surface area contributed by atoms with Gasteiger partial charge >= 0.3 is 0 Å². The van der Waals surface area contributed by atoms with Crippen molar-refractivity contribution in [2.75, 3.05) is 25.4 Å². The van der Waals surface area contributed by atoms with E-state index >= 15 is 0 Å². The molecule has 7 nitrogen and oxygen atoms in total. The van der Waals surface area contributed by atoms with Gasteiger partial charge in [0, 0.05) is 13.1 Å². The Morgan fingerprint density at radius 1 is 1.33 bits per heavy atom. The minimum absolute atomic E-state index is 0.0127. The predicted molar refractivity (Wildman–Crippen MR) is 67.2 cm³/mol. The van der Waals surface area contributed by atoms with Crippen molar-refractivity contribution in [3.63, 3.8) is 0 Å². The van der Waals surface area contributed by atoms with Gasteiger partial charge in [-0.15, -0.1) is 0 Å². The summed E-state index contributed by atoms with van der Waals surface area (Å²) in [4.78, 5) is 7.32. The zero-order chi connectivity index (χ0) is 13.6. The van der Waals surface area contributed by atoms with E-state index in [1.807, 2.05) is 6.92 Å². The molecule has 0 saturated heterocycles. The van der Waals surface area contributed by atoms with Crippen LogP contribution in [0.15, 0.2) is 17.3 Å².